The topological polar surface area (TPSA) is 52.2 Å². The first kappa shape index (κ1) is 13.3. The Kier molecular flexibility index (Phi) is 3.45. The number of piperidine rings is 1. The minimum atomic E-state index is 0.00308. The van der Waals surface area contributed by atoms with Crippen molar-refractivity contribution < 1.29 is 0 Å². The predicted molar refractivity (Wildman–Crippen MR) is 82.9 cm³/mol. The molecule has 0 aromatic carbocycles. The minimum absolute atomic E-state index is 0.00308. The summed E-state index contributed by atoms with van der Waals surface area (Å²) in [6.45, 7) is 4.55. The molecule has 3 aliphatic rings. The molecule has 21 heavy (non-hydrogen) atoms. The van der Waals surface area contributed by atoms with E-state index in [-0.39, 0.29) is 5.56 Å². The second kappa shape index (κ2) is 5.44. The van der Waals surface area contributed by atoms with Gasteiger partial charge in [-0.3, -0.25) is 9.69 Å². The second-order valence-electron chi connectivity index (χ2n) is 6.75. The van der Waals surface area contributed by atoms with E-state index in [0.717, 1.165) is 24.7 Å². The van der Waals surface area contributed by atoms with Gasteiger partial charge in [0.05, 0.1) is 0 Å². The van der Waals surface area contributed by atoms with Gasteiger partial charge < -0.3 is 9.88 Å². The van der Waals surface area contributed by atoms with E-state index in [0.29, 0.717) is 12.0 Å². The molecule has 114 valence electrons. The molecule has 1 unspecified atom stereocenters. The second-order valence-corrected chi connectivity index (χ2v) is 6.75. The highest BCUT2D eigenvalue weighted by Gasteiger charge is 2.31. The highest BCUT2D eigenvalue weighted by molar-refractivity contribution is 5.40. The first-order chi connectivity index (χ1) is 10.3. The van der Waals surface area contributed by atoms with Crippen molar-refractivity contribution in [3.05, 3.63) is 22.2 Å². The highest BCUT2D eigenvalue weighted by Crippen LogP contribution is 2.38. The van der Waals surface area contributed by atoms with Crippen LogP contribution in [0.1, 0.15) is 50.3 Å². The molecule has 5 heteroatoms. The van der Waals surface area contributed by atoms with Crippen LogP contribution in [0.25, 0.3) is 0 Å². The Hall–Kier alpha value is -1.36. The molecule has 4 rings (SSSR count). The number of rotatable bonds is 3. The van der Waals surface area contributed by atoms with Crippen molar-refractivity contribution in [2.24, 2.45) is 0 Å². The van der Waals surface area contributed by atoms with Gasteiger partial charge in [0, 0.05) is 31.1 Å². The van der Waals surface area contributed by atoms with Crippen LogP contribution in [0.5, 0.6) is 0 Å². The van der Waals surface area contributed by atoms with Crippen LogP contribution in [0.3, 0.4) is 0 Å². The summed E-state index contributed by atoms with van der Waals surface area (Å²) in [7, 11) is 0. The summed E-state index contributed by atoms with van der Waals surface area (Å²) >= 11 is 0. The van der Waals surface area contributed by atoms with Crippen molar-refractivity contribution in [2.75, 3.05) is 31.1 Å². The van der Waals surface area contributed by atoms with Crippen LogP contribution in [0.15, 0.2) is 10.9 Å². The summed E-state index contributed by atoms with van der Waals surface area (Å²) in [5, 5.41) is 0. The van der Waals surface area contributed by atoms with E-state index in [2.05, 4.69) is 14.8 Å². The smallest absolute Gasteiger partial charge is 0.252 e. The average Bonchev–Trinajstić information content (AvgIpc) is 3.24. The number of aromatic nitrogens is 2. The third kappa shape index (κ3) is 2.84. The standard InChI is InChI=1S/C16H24N4O/c21-15-10-14(17-16(18-15)12-4-5-12)20-9-6-13(11-20)19-7-2-1-3-8-19/h10,12-13H,1-9,11H2,(H,17,18,21). The van der Waals surface area contributed by atoms with E-state index < -0.39 is 0 Å². The molecule has 0 radical (unpaired) electrons. The van der Waals surface area contributed by atoms with Crippen LogP contribution in [-0.2, 0) is 0 Å². The number of nitrogens with zero attached hydrogens (tertiary/aromatic N) is 3. The van der Waals surface area contributed by atoms with E-state index in [9.17, 15) is 4.79 Å². The molecule has 2 saturated heterocycles. The molecule has 3 fully saturated rings. The number of H-pyrrole nitrogens is 1. The molecular formula is C16H24N4O. The van der Waals surface area contributed by atoms with E-state index >= 15 is 0 Å². The molecule has 0 amide bonds. The molecule has 2 aliphatic heterocycles. The summed E-state index contributed by atoms with van der Waals surface area (Å²) < 4.78 is 0. The maximum absolute atomic E-state index is 11.9. The van der Waals surface area contributed by atoms with Gasteiger partial charge in [-0.1, -0.05) is 6.42 Å². The first-order valence-corrected chi connectivity index (χ1v) is 8.40. The van der Waals surface area contributed by atoms with Crippen molar-refractivity contribution in [2.45, 2.75) is 50.5 Å². The van der Waals surface area contributed by atoms with Crippen LogP contribution in [-0.4, -0.2) is 47.1 Å². The first-order valence-electron chi connectivity index (χ1n) is 8.40. The van der Waals surface area contributed by atoms with Crippen molar-refractivity contribution in [3.63, 3.8) is 0 Å². The van der Waals surface area contributed by atoms with Gasteiger partial charge >= 0.3 is 0 Å². The lowest BCUT2D eigenvalue weighted by molar-refractivity contribution is 0.175. The number of aromatic amines is 1. The van der Waals surface area contributed by atoms with E-state index in [1.54, 1.807) is 6.07 Å². The summed E-state index contributed by atoms with van der Waals surface area (Å²) in [6, 6.07) is 2.32. The van der Waals surface area contributed by atoms with E-state index in [1.807, 2.05) is 0 Å². The largest absolute Gasteiger partial charge is 0.355 e. The van der Waals surface area contributed by atoms with E-state index in [1.165, 1.54) is 51.6 Å². The van der Waals surface area contributed by atoms with Crippen molar-refractivity contribution in [1.82, 2.24) is 14.9 Å². The Balaban J connectivity index is 1.48. The van der Waals surface area contributed by atoms with Gasteiger partial charge in [0.15, 0.2) is 0 Å². The van der Waals surface area contributed by atoms with Crippen LogP contribution in [0, 0.1) is 0 Å². The van der Waals surface area contributed by atoms with Crippen molar-refractivity contribution in [1.29, 1.82) is 0 Å². The number of anilines is 1. The van der Waals surface area contributed by atoms with Crippen LogP contribution in [0.2, 0.25) is 0 Å². The molecule has 0 spiro atoms. The quantitative estimate of drug-likeness (QED) is 0.920. The lowest BCUT2D eigenvalue weighted by Gasteiger charge is -2.32. The van der Waals surface area contributed by atoms with Crippen LogP contribution in [0.4, 0.5) is 5.82 Å². The molecule has 3 heterocycles. The zero-order chi connectivity index (χ0) is 14.2. The summed E-state index contributed by atoms with van der Waals surface area (Å²) in [5.74, 6) is 2.29. The zero-order valence-corrected chi connectivity index (χ0v) is 12.6. The van der Waals surface area contributed by atoms with Gasteiger partial charge in [-0.2, -0.15) is 0 Å². The summed E-state index contributed by atoms with van der Waals surface area (Å²) in [4.78, 5) is 24.4. The van der Waals surface area contributed by atoms with Gasteiger partial charge in [-0.15, -0.1) is 0 Å². The lowest BCUT2D eigenvalue weighted by atomic mass is 10.1. The Morgan fingerprint density at radius 3 is 2.67 bits per heavy atom. The van der Waals surface area contributed by atoms with Gasteiger partial charge in [0.1, 0.15) is 11.6 Å². The zero-order valence-electron chi connectivity index (χ0n) is 12.6. The van der Waals surface area contributed by atoms with Crippen molar-refractivity contribution in [3.8, 4) is 0 Å². The number of hydrogen-bond acceptors (Lipinski definition) is 4. The van der Waals surface area contributed by atoms with Gasteiger partial charge in [0.25, 0.3) is 5.56 Å². The molecule has 1 aromatic heterocycles. The molecule has 1 aliphatic carbocycles. The third-order valence-electron chi connectivity index (χ3n) is 5.10. The highest BCUT2D eigenvalue weighted by atomic mass is 16.1. The molecule has 0 bridgehead atoms. The summed E-state index contributed by atoms with van der Waals surface area (Å²) in [6.07, 6.45) is 7.60. The molecular weight excluding hydrogens is 264 g/mol. The maximum atomic E-state index is 11.9. The lowest BCUT2D eigenvalue weighted by Crippen LogP contribution is -2.41. The molecule has 5 nitrogen and oxygen atoms in total. The fourth-order valence-electron chi connectivity index (χ4n) is 3.71. The number of likely N-dealkylation sites (tertiary alicyclic amines) is 1. The van der Waals surface area contributed by atoms with Gasteiger partial charge in [-0.25, -0.2) is 4.98 Å². The third-order valence-corrected chi connectivity index (χ3v) is 5.10. The summed E-state index contributed by atoms with van der Waals surface area (Å²) in [5.41, 5.74) is 0.00308. The molecule has 1 aromatic rings. The Labute approximate surface area is 125 Å². The molecule has 1 N–H and O–H groups in total. The Bertz CT molecular complexity index is 560. The molecule has 1 atom stereocenters. The molecule has 1 saturated carbocycles. The van der Waals surface area contributed by atoms with E-state index in [4.69, 9.17) is 4.98 Å². The maximum Gasteiger partial charge on any atom is 0.252 e. The normalized spacial score (nSPS) is 27.2. The number of hydrogen-bond donors (Lipinski definition) is 1. The monoisotopic (exact) mass is 288 g/mol. The SMILES string of the molecule is O=c1cc(N2CCC(N3CCCCC3)C2)nc(C2CC2)[nH]1. The van der Waals surface area contributed by atoms with Gasteiger partial charge in [-0.05, 0) is 45.2 Å². The van der Waals surface area contributed by atoms with Gasteiger partial charge in [0.2, 0.25) is 0 Å². The average molecular weight is 288 g/mol. The fraction of sp³-hybridized carbons (Fsp3) is 0.750. The predicted octanol–water partition coefficient (Wildman–Crippen LogP) is 1.71. The fourth-order valence-corrected chi connectivity index (χ4v) is 3.71. The minimum Gasteiger partial charge on any atom is -0.355 e. The Morgan fingerprint density at radius 2 is 1.90 bits per heavy atom. The van der Waals surface area contributed by atoms with Crippen LogP contribution < -0.4 is 10.5 Å². The van der Waals surface area contributed by atoms with Crippen molar-refractivity contribution >= 4 is 5.82 Å². The Morgan fingerprint density at radius 1 is 1.10 bits per heavy atom. The van der Waals surface area contributed by atoms with Crippen LogP contribution >= 0.6 is 0 Å². The number of nitrogens with one attached hydrogen (secondary N) is 1.